The molecule has 0 aromatic carbocycles. The van der Waals surface area contributed by atoms with Crippen molar-refractivity contribution in [3.63, 3.8) is 0 Å². The fraction of sp³-hybridized carbons (Fsp3) is 0.917. The second-order valence-corrected chi connectivity index (χ2v) is 5.35. The van der Waals surface area contributed by atoms with Crippen LogP contribution >= 0.6 is 0 Å². The van der Waals surface area contributed by atoms with Crippen LogP contribution in [-0.4, -0.2) is 35.7 Å². The van der Waals surface area contributed by atoms with Gasteiger partial charge in [-0.2, -0.15) is 0 Å². The van der Waals surface area contributed by atoms with E-state index in [-0.39, 0.29) is 11.9 Å². The highest BCUT2D eigenvalue weighted by Crippen LogP contribution is 2.30. The minimum Gasteiger partial charge on any atom is -0.388 e. The molecule has 16 heavy (non-hydrogen) atoms. The lowest BCUT2D eigenvalue weighted by Crippen LogP contribution is -2.55. The normalized spacial score (nSPS) is 32.9. The number of carbonyl (C=O) groups is 1. The van der Waals surface area contributed by atoms with Crippen LogP contribution in [0.5, 0.6) is 0 Å². The molecule has 92 valence electrons. The lowest BCUT2D eigenvalue weighted by Gasteiger charge is -2.37. The summed E-state index contributed by atoms with van der Waals surface area (Å²) in [5.41, 5.74) is -0.617. The molecule has 0 bridgehead atoms. The van der Waals surface area contributed by atoms with Gasteiger partial charge in [-0.25, -0.2) is 0 Å². The number of nitrogens with one attached hydrogen (secondary N) is 2. The highest BCUT2D eigenvalue weighted by molar-refractivity contribution is 5.82. The summed E-state index contributed by atoms with van der Waals surface area (Å²) in [5.74, 6) is 0.442. The van der Waals surface area contributed by atoms with Crippen LogP contribution in [-0.2, 0) is 4.79 Å². The van der Waals surface area contributed by atoms with Crippen molar-refractivity contribution in [1.29, 1.82) is 0 Å². The number of hydrogen-bond acceptors (Lipinski definition) is 3. The second kappa shape index (κ2) is 4.72. The molecule has 4 heteroatoms. The van der Waals surface area contributed by atoms with E-state index in [4.69, 9.17) is 0 Å². The van der Waals surface area contributed by atoms with Gasteiger partial charge in [0.2, 0.25) is 5.91 Å². The Kier molecular flexibility index (Phi) is 3.50. The highest BCUT2D eigenvalue weighted by atomic mass is 16.3. The minimum absolute atomic E-state index is 0.0486. The Morgan fingerprint density at radius 1 is 1.50 bits per heavy atom. The van der Waals surface area contributed by atoms with Gasteiger partial charge < -0.3 is 15.7 Å². The number of aliphatic hydroxyl groups is 1. The van der Waals surface area contributed by atoms with Crippen molar-refractivity contribution in [1.82, 2.24) is 10.6 Å². The van der Waals surface area contributed by atoms with Crippen molar-refractivity contribution < 1.29 is 9.90 Å². The summed E-state index contributed by atoms with van der Waals surface area (Å²) < 4.78 is 0. The van der Waals surface area contributed by atoms with Crippen LogP contribution in [0, 0.1) is 5.92 Å². The van der Waals surface area contributed by atoms with Gasteiger partial charge in [0.25, 0.3) is 0 Å². The summed E-state index contributed by atoms with van der Waals surface area (Å²) in [6.45, 7) is 3.44. The molecule has 2 aliphatic rings. The van der Waals surface area contributed by atoms with Gasteiger partial charge in [0.1, 0.15) is 0 Å². The van der Waals surface area contributed by atoms with Crippen molar-refractivity contribution in [3.8, 4) is 0 Å². The first-order valence-electron chi connectivity index (χ1n) is 6.34. The predicted octanol–water partition coefficient (Wildman–Crippen LogP) is 0.406. The van der Waals surface area contributed by atoms with E-state index in [2.05, 4.69) is 17.6 Å². The second-order valence-electron chi connectivity index (χ2n) is 5.35. The maximum Gasteiger partial charge on any atom is 0.237 e. The SMILES string of the molecule is CC1CCCNC1C(=O)NCC1(O)CCC1. The quantitative estimate of drug-likeness (QED) is 0.653. The fourth-order valence-corrected chi connectivity index (χ4v) is 2.52. The third-order valence-corrected chi connectivity index (χ3v) is 3.93. The molecule has 1 heterocycles. The lowest BCUT2D eigenvalue weighted by atomic mass is 9.80. The molecule has 0 aromatic heterocycles. The van der Waals surface area contributed by atoms with Crippen molar-refractivity contribution in [2.45, 2.75) is 50.7 Å². The molecular formula is C12H22N2O2. The molecule has 2 atom stereocenters. The predicted molar refractivity (Wildman–Crippen MR) is 62.0 cm³/mol. The zero-order valence-corrected chi connectivity index (χ0v) is 9.96. The molecule has 0 aromatic rings. The van der Waals surface area contributed by atoms with E-state index in [0.717, 1.165) is 38.6 Å². The molecule has 2 rings (SSSR count). The molecule has 3 N–H and O–H groups in total. The molecular weight excluding hydrogens is 204 g/mol. The molecule has 1 aliphatic carbocycles. The Balaban J connectivity index is 1.78. The topological polar surface area (TPSA) is 61.4 Å². The molecule has 0 radical (unpaired) electrons. The van der Waals surface area contributed by atoms with E-state index in [1.165, 1.54) is 0 Å². The van der Waals surface area contributed by atoms with Gasteiger partial charge in [0.05, 0.1) is 11.6 Å². The summed E-state index contributed by atoms with van der Waals surface area (Å²) in [7, 11) is 0. The van der Waals surface area contributed by atoms with E-state index in [0.29, 0.717) is 12.5 Å². The van der Waals surface area contributed by atoms with Gasteiger partial charge in [-0.3, -0.25) is 4.79 Å². The number of rotatable bonds is 3. The molecule has 0 spiro atoms. The van der Waals surface area contributed by atoms with E-state index >= 15 is 0 Å². The Labute approximate surface area is 96.8 Å². The lowest BCUT2D eigenvalue weighted by molar-refractivity contribution is -0.127. The van der Waals surface area contributed by atoms with Crippen LogP contribution in [0.2, 0.25) is 0 Å². The van der Waals surface area contributed by atoms with Gasteiger partial charge >= 0.3 is 0 Å². The van der Waals surface area contributed by atoms with Crippen molar-refractivity contribution >= 4 is 5.91 Å². The summed E-state index contributed by atoms with van der Waals surface area (Å²) in [6, 6.07) is -0.0718. The average molecular weight is 226 g/mol. The van der Waals surface area contributed by atoms with Crippen molar-refractivity contribution in [3.05, 3.63) is 0 Å². The van der Waals surface area contributed by atoms with E-state index in [9.17, 15) is 9.90 Å². The van der Waals surface area contributed by atoms with Gasteiger partial charge in [-0.1, -0.05) is 6.92 Å². The Morgan fingerprint density at radius 3 is 2.81 bits per heavy atom. The molecule has 2 unspecified atom stereocenters. The molecule has 4 nitrogen and oxygen atoms in total. The smallest absolute Gasteiger partial charge is 0.237 e. The molecule has 1 amide bonds. The summed E-state index contributed by atoms with van der Waals surface area (Å²) >= 11 is 0. The maximum atomic E-state index is 11.9. The Bertz CT molecular complexity index is 264. The van der Waals surface area contributed by atoms with E-state index in [1.54, 1.807) is 0 Å². The van der Waals surface area contributed by atoms with E-state index in [1.807, 2.05) is 0 Å². The number of piperidine rings is 1. The maximum absolute atomic E-state index is 11.9. The van der Waals surface area contributed by atoms with Gasteiger partial charge in [0, 0.05) is 6.54 Å². The molecule has 1 saturated heterocycles. The third-order valence-electron chi connectivity index (χ3n) is 3.93. The number of amides is 1. The molecule has 2 fully saturated rings. The summed E-state index contributed by atoms with van der Waals surface area (Å²) in [5, 5.41) is 16.0. The monoisotopic (exact) mass is 226 g/mol. The van der Waals surface area contributed by atoms with Crippen LogP contribution in [0.25, 0.3) is 0 Å². The standard InChI is InChI=1S/C12H22N2O2/c1-9-4-2-7-13-10(9)11(15)14-8-12(16)5-3-6-12/h9-10,13,16H,2-8H2,1H3,(H,14,15). The first-order valence-corrected chi connectivity index (χ1v) is 6.34. The Morgan fingerprint density at radius 2 is 2.25 bits per heavy atom. The van der Waals surface area contributed by atoms with Crippen LogP contribution in [0.3, 0.4) is 0 Å². The molecule has 1 saturated carbocycles. The van der Waals surface area contributed by atoms with Gasteiger partial charge in [0.15, 0.2) is 0 Å². The van der Waals surface area contributed by atoms with Crippen molar-refractivity contribution in [2.75, 3.05) is 13.1 Å². The molecule has 1 aliphatic heterocycles. The largest absolute Gasteiger partial charge is 0.388 e. The zero-order valence-electron chi connectivity index (χ0n) is 9.96. The zero-order chi connectivity index (χ0) is 11.6. The fourth-order valence-electron chi connectivity index (χ4n) is 2.52. The van der Waals surface area contributed by atoms with Crippen LogP contribution in [0.1, 0.15) is 39.0 Å². The highest BCUT2D eigenvalue weighted by Gasteiger charge is 2.36. The number of carbonyl (C=O) groups excluding carboxylic acids is 1. The van der Waals surface area contributed by atoms with Crippen LogP contribution in [0.4, 0.5) is 0 Å². The first kappa shape index (κ1) is 11.9. The average Bonchev–Trinajstić information content (AvgIpc) is 2.24. The summed E-state index contributed by atoms with van der Waals surface area (Å²) in [6.07, 6.45) is 4.97. The van der Waals surface area contributed by atoms with E-state index < -0.39 is 5.60 Å². The number of hydrogen-bond donors (Lipinski definition) is 3. The Hall–Kier alpha value is -0.610. The van der Waals surface area contributed by atoms with Crippen LogP contribution < -0.4 is 10.6 Å². The van der Waals surface area contributed by atoms with Gasteiger partial charge in [-0.15, -0.1) is 0 Å². The van der Waals surface area contributed by atoms with Gasteiger partial charge in [-0.05, 0) is 44.6 Å². The van der Waals surface area contributed by atoms with Crippen LogP contribution in [0.15, 0.2) is 0 Å². The minimum atomic E-state index is -0.617. The van der Waals surface area contributed by atoms with Crippen molar-refractivity contribution in [2.24, 2.45) is 5.92 Å². The third kappa shape index (κ3) is 2.55. The summed E-state index contributed by atoms with van der Waals surface area (Å²) in [4.78, 5) is 11.9. The first-order chi connectivity index (χ1) is 7.61.